The van der Waals surface area contributed by atoms with Crippen LogP contribution in [-0.4, -0.2) is 10.1 Å². The van der Waals surface area contributed by atoms with E-state index in [9.17, 15) is 13.2 Å². The summed E-state index contributed by atoms with van der Waals surface area (Å²) >= 11 is 0.816. The van der Waals surface area contributed by atoms with Crippen LogP contribution in [0.15, 0.2) is 9.90 Å². The fourth-order valence-corrected chi connectivity index (χ4v) is 2.46. The van der Waals surface area contributed by atoms with Gasteiger partial charge in [-0.3, -0.25) is 0 Å². The van der Waals surface area contributed by atoms with Crippen molar-refractivity contribution in [2.24, 2.45) is 0 Å². The Morgan fingerprint density at radius 2 is 2.11 bits per heavy atom. The lowest BCUT2D eigenvalue weighted by atomic mass is 10.2. The number of thiophene rings is 1. The van der Waals surface area contributed by atoms with Crippen molar-refractivity contribution in [3.8, 4) is 11.5 Å². The van der Waals surface area contributed by atoms with E-state index in [0.717, 1.165) is 29.6 Å². The van der Waals surface area contributed by atoms with E-state index in [-0.39, 0.29) is 22.4 Å². The van der Waals surface area contributed by atoms with Crippen molar-refractivity contribution in [1.29, 1.82) is 0 Å². The number of nitrogens with two attached hydrogens (primary N) is 1. The Bertz CT molecular complexity index is 585. The zero-order valence-electron chi connectivity index (χ0n) is 8.99. The van der Waals surface area contributed by atoms with Gasteiger partial charge in [-0.15, -0.1) is 11.3 Å². The van der Waals surface area contributed by atoms with E-state index in [1.165, 1.54) is 0 Å². The van der Waals surface area contributed by atoms with Gasteiger partial charge in [0.15, 0.2) is 5.82 Å². The molecule has 0 aliphatic heterocycles. The van der Waals surface area contributed by atoms with Crippen LogP contribution in [0.5, 0.6) is 0 Å². The highest BCUT2D eigenvalue weighted by molar-refractivity contribution is 7.14. The molecule has 8 heteroatoms. The van der Waals surface area contributed by atoms with Crippen LogP contribution < -0.4 is 5.73 Å². The van der Waals surface area contributed by atoms with Crippen LogP contribution in [0.4, 0.5) is 18.2 Å². The molecule has 0 spiro atoms. The molecule has 2 N–H and O–H groups in total. The number of aromatic nitrogens is 2. The number of alkyl halides is 3. The summed E-state index contributed by atoms with van der Waals surface area (Å²) in [5, 5.41) is 4.69. The van der Waals surface area contributed by atoms with Crippen LogP contribution in [0.3, 0.4) is 0 Å². The Kier molecular flexibility index (Phi) is 2.37. The van der Waals surface area contributed by atoms with E-state index in [0.29, 0.717) is 5.82 Å². The second-order valence-corrected chi connectivity index (χ2v) is 5.03. The zero-order chi connectivity index (χ0) is 12.9. The average Bonchev–Trinajstić information content (AvgIpc) is 2.87. The fraction of sp³-hybridized carbons (Fsp3) is 0.400. The molecule has 0 atom stereocenters. The first kappa shape index (κ1) is 11.5. The van der Waals surface area contributed by atoms with Crippen LogP contribution in [-0.2, 0) is 6.18 Å². The fourth-order valence-electron chi connectivity index (χ4n) is 1.65. The molecule has 18 heavy (non-hydrogen) atoms. The molecule has 2 aromatic rings. The SMILES string of the molecule is Nc1scc(C(F)(F)F)c1-c1nc(C2CC2)no1. The molecule has 0 amide bonds. The van der Waals surface area contributed by atoms with E-state index >= 15 is 0 Å². The van der Waals surface area contributed by atoms with E-state index in [4.69, 9.17) is 10.3 Å². The van der Waals surface area contributed by atoms with Gasteiger partial charge in [-0.1, -0.05) is 5.16 Å². The Hall–Kier alpha value is -1.57. The molecule has 3 rings (SSSR count). The van der Waals surface area contributed by atoms with Gasteiger partial charge in [0, 0.05) is 11.3 Å². The monoisotopic (exact) mass is 275 g/mol. The molecule has 1 saturated carbocycles. The summed E-state index contributed by atoms with van der Waals surface area (Å²) in [5.74, 6) is 0.531. The van der Waals surface area contributed by atoms with Crippen LogP contribution in [0.25, 0.3) is 11.5 Å². The van der Waals surface area contributed by atoms with E-state index in [1.54, 1.807) is 0 Å². The zero-order valence-corrected chi connectivity index (χ0v) is 9.81. The number of halogens is 3. The molecular weight excluding hydrogens is 267 g/mol. The number of hydrogen-bond acceptors (Lipinski definition) is 5. The van der Waals surface area contributed by atoms with Crippen molar-refractivity contribution in [3.63, 3.8) is 0 Å². The third-order valence-corrected chi connectivity index (χ3v) is 3.53. The lowest BCUT2D eigenvalue weighted by Crippen LogP contribution is -2.05. The Morgan fingerprint density at radius 3 is 2.72 bits per heavy atom. The Morgan fingerprint density at radius 1 is 1.39 bits per heavy atom. The highest BCUT2D eigenvalue weighted by Gasteiger charge is 2.38. The molecule has 1 fully saturated rings. The molecule has 1 aliphatic rings. The molecule has 96 valence electrons. The molecular formula is C10H8F3N3OS. The van der Waals surface area contributed by atoms with Gasteiger partial charge in [0.1, 0.15) is 0 Å². The number of nitrogen functional groups attached to an aromatic ring is 1. The predicted molar refractivity (Wildman–Crippen MR) is 59.0 cm³/mol. The maximum atomic E-state index is 12.8. The topological polar surface area (TPSA) is 64.9 Å². The average molecular weight is 275 g/mol. The maximum Gasteiger partial charge on any atom is 0.418 e. The summed E-state index contributed by atoms with van der Waals surface area (Å²) in [6, 6.07) is 0. The molecule has 1 aliphatic carbocycles. The second-order valence-electron chi connectivity index (χ2n) is 4.12. The van der Waals surface area contributed by atoms with Gasteiger partial charge < -0.3 is 10.3 Å². The lowest BCUT2D eigenvalue weighted by Gasteiger charge is -2.05. The number of anilines is 1. The summed E-state index contributed by atoms with van der Waals surface area (Å²) in [6.07, 6.45) is -2.58. The summed E-state index contributed by atoms with van der Waals surface area (Å²) in [7, 11) is 0. The smallest absolute Gasteiger partial charge is 0.390 e. The van der Waals surface area contributed by atoms with Gasteiger partial charge in [-0.25, -0.2) is 0 Å². The minimum Gasteiger partial charge on any atom is -0.390 e. The van der Waals surface area contributed by atoms with Crippen molar-refractivity contribution in [2.45, 2.75) is 24.9 Å². The van der Waals surface area contributed by atoms with Crippen LogP contribution in [0.1, 0.15) is 30.1 Å². The summed E-state index contributed by atoms with van der Waals surface area (Å²) < 4.78 is 43.3. The normalized spacial score (nSPS) is 16.2. The van der Waals surface area contributed by atoms with Crippen LogP contribution in [0, 0.1) is 0 Å². The summed E-state index contributed by atoms with van der Waals surface area (Å²) in [5.41, 5.74) is 4.54. The van der Waals surface area contributed by atoms with Crippen molar-refractivity contribution in [2.75, 3.05) is 5.73 Å². The predicted octanol–water partition coefficient (Wildman–Crippen LogP) is 3.28. The molecule has 2 heterocycles. The largest absolute Gasteiger partial charge is 0.418 e. The molecule has 0 radical (unpaired) electrons. The van der Waals surface area contributed by atoms with Gasteiger partial charge in [0.05, 0.1) is 16.1 Å². The van der Waals surface area contributed by atoms with Crippen molar-refractivity contribution >= 4 is 16.3 Å². The van der Waals surface area contributed by atoms with Gasteiger partial charge in [0.25, 0.3) is 5.89 Å². The van der Waals surface area contributed by atoms with E-state index < -0.39 is 11.7 Å². The van der Waals surface area contributed by atoms with Crippen molar-refractivity contribution in [3.05, 3.63) is 16.8 Å². The van der Waals surface area contributed by atoms with Crippen LogP contribution >= 0.6 is 11.3 Å². The molecule has 2 aromatic heterocycles. The van der Waals surface area contributed by atoms with Crippen molar-refractivity contribution < 1.29 is 17.7 Å². The third-order valence-electron chi connectivity index (χ3n) is 2.72. The van der Waals surface area contributed by atoms with Crippen molar-refractivity contribution in [1.82, 2.24) is 10.1 Å². The van der Waals surface area contributed by atoms with Gasteiger partial charge in [-0.05, 0) is 12.8 Å². The van der Waals surface area contributed by atoms with Gasteiger partial charge >= 0.3 is 6.18 Å². The number of nitrogens with zero attached hydrogens (tertiary/aromatic N) is 2. The Balaban J connectivity index is 2.06. The highest BCUT2D eigenvalue weighted by Crippen LogP contribution is 2.44. The first-order chi connectivity index (χ1) is 8.47. The quantitative estimate of drug-likeness (QED) is 0.913. The number of rotatable bonds is 2. The maximum absolute atomic E-state index is 12.8. The minimum atomic E-state index is -4.47. The van der Waals surface area contributed by atoms with E-state index in [2.05, 4.69) is 10.1 Å². The molecule has 0 aromatic carbocycles. The molecule has 0 saturated heterocycles. The second kappa shape index (κ2) is 3.71. The summed E-state index contributed by atoms with van der Waals surface area (Å²) in [6.45, 7) is 0. The molecule has 4 nitrogen and oxygen atoms in total. The third kappa shape index (κ3) is 1.86. The minimum absolute atomic E-state index is 0.0355. The van der Waals surface area contributed by atoms with Gasteiger partial charge in [-0.2, -0.15) is 18.2 Å². The number of hydrogen-bond donors (Lipinski definition) is 1. The first-order valence-corrected chi connectivity index (χ1v) is 6.13. The van der Waals surface area contributed by atoms with Crippen LogP contribution in [0.2, 0.25) is 0 Å². The van der Waals surface area contributed by atoms with Gasteiger partial charge in [0.2, 0.25) is 0 Å². The first-order valence-electron chi connectivity index (χ1n) is 5.25. The van der Waals surface area contributed by atoms with E-state index in [1.807, 2.05) is 0 Å². The Labute approximate surface area is 104 Å². The standard InChI is InChI=1S/C10H8F3N3OS/c11-10(12,13)5-3-18-7(14)6(5)9-15-8(16-17-9)4-1-2-4/h3-4H,1-2,14H2. The molecule has 0 unspecified atom stereocenters. The highest BCUT2D eigenvalue weighted by atomic mass is 32.1. The summed E-state index contributed by atoms with van der Waals surface area (Å²) in [4.78, 5) is 4.00. The lowest BCUT2D eigenvalue weighted by molar-refractivity contribution is -0.136. The molecule has 0 bridgehead atoms.